The third-order valence-corrected chi connectivity index (χ3v) is 14.5. The number of fused-ring (bicyclic) bond motifs is 4. The van der Waals surface area contributed by atoms with Crippen LogP contribution in [-0.4, -0.2) is 78.0 Å². The van der Waals surface area contributed by atoms with E-state index in [0.717, 1.165) is 48.6 Å². The van der Waals surface area contributed by atoms with Gasteiger partial charge in [-0.1, -0.05) is 36.7 Å². The van der Waals surface area contributed by atoms with Gasteiger partial charge in [0.15, 0.2) is 0 Å². The standard InChI is InChI=1S/C39H52ClN3O5S/c1-7-42(4)36(44)22-39(47-5)19-8-10-26(2)27(3)49(6,46)41-37(45)29-13-17-35-34(21-29)43(23-30-12-15-33(30)39)24-38(25-48-35)18-9-11-28-20-31(40)14-16-32(28)38/h8,13-14,16-17,19-21,26-27,30,33H,6-7,9-12,15,18,22-25H2,1-5H3,(H,41,45,46)/b19-8+/t26-,27+,30-,33+,38-,39+,49?/m0/s1. The maximum Gasteiger partial charge on any atom is 0.262 e. The highest BCUT2D eigenvalue weighted by molar-refractivity contribution is 7.99. The van der Waals surface area contributed by atoms with Crippen molar-refractivity contribution in [2.45, 2.75) is 82.0 Å². The quantitative estimate of drug-likeness (QED) is 0.291. The molecule has 1 unspecified atom stereocenters. The maximum atomic E-state index is 13.9. The molecule has 1 N–H and O–H groups in total. The second-order valence-electron chi connectivity index (χ2n) is 15.0. The molecular weight excluding hydrogens is 658 g/mol. The fourth-order valence-electron chi connectivity index (χ4n) is 8.48. The number of aryl methyl sites for hydroxylation is 1. The summed E-state index contributed by atoms with van der Waals surface area (Å²) < 4.78 is 29.8. The molecule has 6 rings (SSSR count). The van der Waals surface area contributed by atoms with Gasteiger partial charge in [0, 0.05) is 55.0 Å². The van der Waals surface area contributed by atoms with Gasteiger partial charge in [-0.05, 0) is 117 Å². The van der Waals surface area contributed by atoms with Crippen LogP contribution in [0.1, 0.15) is 80.8 Å². The minimum absolute atomic E-state index is 0.0457. The molecule has 8 nitrogen and oxygen atoms in total. The van der Waals surface area contributed by atoms with E-state index in [1.165, 1.54) is 11.1 Å². The third-order valence-electron chi connectivity index (χ3n) is 12.1. The molecular formula is C39H52ClN3O5S. The largest absolute Gasteiger partial charge is 0.490 e. The lowest BCUT2D eigenvalue weighted by Crippen LogP contribution is -2.54. The van der Waals surface area contributed by atoms with Gasteiger partial charge in [0.25, 0.3) is 5.91 Å². The Bertz CT molecular complexity index is 1730. The third kappa shape index (κ3) is 6.87. The minimum atomic E-state index is -2.99. The van der Waals surface area contributed by atoms with E-state index in [-0.39, 0.29) is 35.5 Å². The van der Waals surface area contributed by atoms with Gasteiger partial charge in [0.05, 0.1) is 34.0 Å². The van der Waals surface area contributed by atoms with Crippen LogP contribution in [0.15, 0.2) is 48.6 Å². The number of methoxy groups -OCH3 is 1. The van der Waals surface area contributed by atoms with Gasteiger partial charge in [0.2, 0.25) is 5.91 Å². The van der Waals surface area contributed by atoms with Crippen molar-refractivity contribution in [3.05, 3.63) is 70.3 Å². The molecule has 2 heterocycles. The summed E-state index contributed by atoms with van der Waals surface area (Å²) in [7, 11) is 0.570. The molecule has 2 bridgehead atoms. The maximum absolute atomic E-state index is 13.9. The lowest BCUT2D eigenvalue weighted by molar-refractivity contribution is -0.141. The van der Waals surface area contributed by atoms with E-state index in [0.29, 0.717) is 38.2 Å². The van der Waals surface area contributed by atoms with Crippen LogP contribution in [0.25, 0.3) is 0 Å². The van der Waals surface area contributed by atoms with E-state index in [2.05, 4.69) is 39.8 Å². The summed E-state index contributed by atoms with van der Waals surface area (Å²) in [6.07, 6.45) is 9.96. The second-order valence-corrected chi connectivity index (χ2v) is 17.8. The fourth-order valence-corrected chi connectivity index (χ4v) is 10.2. The minimum Gasteiger partial charge on any atom is -0.490 e. The van der Waals surface area contributed by atoms with Crippen molar-refractivity contribution in [3.8, 4) is 5.75 Å². The zero-order chi connectivity index (χ0) is 35.1. The van der Waals surface area contributed by atoms with Crippen LogP contribution in [0.4, 0.5) is 5.69 Å². The molecule has 266 valence electrons. The van der Waals surface area contributed by atoms with Crippen molar-refractivity contribution in [2.75, 3.05) is 45.3 Å². The molecule has 2 aromatic carbocycles. The molecule has 10 heteroatoms. The first-order chi connectivity index (χ1) is 23.3. The normalized spacial score (nSPS) is 33.6. The van der Waals surface area contributed by atoms with Gasteiger partial charge in [-0.3, -0.25) is 14.3 Å². The number of carbonyl (C=O) groups excluding carboxylic acids is 2. The van der Waals surface area contributed by atoms with Crippen LogP contribution >= 0.6 is 11.6 Å². The lowest BCUT2D eigenvalue weighted by Gasteiger charge is -2.50. The Morgan fingerprint density at radius 2 is 2.02 bits per heavy atom. The summed E-state index contributed by atoms with van der Waals surface area (Å²) in [5.41, 5.74) is 2.74. The van der Waals surface area contributed by atoms with Crippen LogP contribution in [-0.2, 0) is 31.1 Å². The number of halogens is 1. The first-order valence-corrected chi connectivity index (χ1v) is 19.9. The van der Waals surface area contributed by atoms with E-state index >= 15 is 0 Å². The van der Waals surface area contributed by atoms with Gasteiger partial charge in [-0.15, -0.1) is 0 Å². The zero-order valence-electron chi connectivity index (χ0n) is 29.6. The van der Waals surface area contributed by atoms with E-state index in [1.54, 1.807) is 18.1 Å². The Balaban J connectivity index is 1.46. The van der Waals surface area contributed by atoms with Gasteiger partial charge in [-0.25, -0.2) is 4.21 Å². The fraction of sp³-hybridized carbons (Fsp3) is 0.564. The van der Waals surface area contributed by atoms with E-state index in [9.17, 15) is 13.8 Å². The number of amides is 2. The average Bonchev–Trinajstić information content (AvgIpc) is 3.21. The van der Waals surface area contributed by atoms with E-state index in [1.807, 2.05) is 46.0 Å². The number of carbonyl (C=O) groups is 2. The van der Waals surface area contributed by atoms with Crippen molar-refractivity contribution >= 4 is 44.7 Å². The van der Waals surface area contributed by atoms with Gasteiger partial charge in [-0.2, -0.15) is 0 Å². The van der Waals surface area contributed by atoms with E-state index in [4.69, 9.17) is 21.1 Å². The molecule has 49 heavy (non-hydrogen) atoms. The molecule has 1 spiro atoms. The zero-order valence-corrected chi connectivity index (χ0v) is 31.2. The van der Waals surface area contributed by atoms with Gasteiger partial charge >= 0.3 is 0 Å². The van der Waals surface area contributed by atoms with Crippen molar-refractivity contribution < 1.29 is 23.3 Å². The number of anilines is 1. The molecule has 1 fully saturated rings. The number of rotatable bonds is 4. The van der Waals surface area contributed by atoms with Crippen LogP contribution in [0.2, 0.25) is 5.02 Å². The number of nitrogens with zero attached hydrogens (tertiary/aromatic N) is 2. The van der Waals surface area contributed by atoms with Crippen molar-refractivity contribution in [2.24, 2.45) is 17.8 Å². The number of nitrogens with one attached hydrogen (secondary N) is 1. The Kier molecular flexibility index (Phi) is 10.2. The number of benzene rings is 2. The highest BCUT2D eigenvalue weighted by Crippen LogP contribution is 2.50. The second kappa shape index (κ2) is 14.0. The number of ether oxygens (including phenoxy) is 2. The summed E-state index contributed by atoms with van der Waals surface area (Å²) >= 11 is 6.47. The van der Waals surface area contributed by atoms with Crippen LogP contribution in [0, 0.1) is 17.8 Å². The van der Waals surface area contributed by atoms with Crippen LogP contribution < -0.4 is 14.4 Å². The molecule has 2 aliphatic carbocycles. The molecule has 2 aliphatic heterocycles. The lowest BCUT2D eigenvalue weighted by atomic mass is 9.62. The monoisotopic (exact) mass is 709 g/mol. The Morgan fingerprint density at radius 1 is 1.22 bits per heavy atom. The first kappa shape index (κ1) is 35.8. The molecule has 2 aromatic rings. The van der Waals surface area contributed by atoms with E-state index < -0.39 is 26.5 Å². The summed E-state index contributed by atoms with van der Waals surface area (Å²) in [4.78, 5) is 31.4. The molecule has 7 atom stereocenters. The number of hydrogen-bond donors (Lipinski definition) is 1. The summed E-state index contributed by atoms with van der Waals surface area (Å²) in [6, 6.07) is 11.8. The molecule has 2 amide bonds. The van der Waals surface area contributed by atoms with Gasteiger partial charge in [0.1, 0.15) is 5.75 Å². The van der Waals surface area contributed by atoms with Crippen molar-refractivity contribution in [1.82, 2.24) is 9.62 Å². The smallest absolute Gasteiger partial charge is 0.262 e. The highest BCUT2D eigenvalue weighted by atomic mass is 35.5. The topological polar surface area (TPSA) is 88.2 Å². The molecule has 1 saturated carbocycles. The van der Waals surface area contributed by atoms with Crippen molar-refractivity contribution in [3.63, 3.8) is 0 Å². The first-order valence-electron chi connectivity index (χ1n) is 17.8. The molecule has 0 saturated heterocycles. The number of allylic oxidation sites excluding steroid dienone is 1. The predicted molar refractivity (Wildman–Crippen MR) is 199 cm³/mol. The summed E-state index contributed by atoms with van der Waals surface area (Å²) in [6.45, 7) is 8.44. The average molecular weight is 710 g/mol. The SMILES string of the molecule is C=S1(=O)NC(=O)c2ccc3c(c2)N(C[C@@H]2CC[C@H]2[C@@](CC(=O)N(C)CC)(OC)/C=C/C[C@H](C)[C@H]1C)C[C@@]1(CCCc2cc(Cl)ccc21)CO3. The Morgan fingerprint density at radius 3 is 2.73 bits per heavy atom. The summed E-state index contributed by atoms with van der Waals surface area (Å²) in [5, 5.41) is 0.347. The molecule has 0 radical (unpaired) electrons. The predicted octanol–water partition coefficient (Wildman–Crippen LogP) is 6.44. The summed E-state index contributed by atoms with van der Waals surface area (Å²) in [5.74, 6) is 4.68. The molecule has 4 aliphatic rings. The number of hydrogen-bond acceptors (Lipinski definition) is 6. The Hall–Kier alpha value is -3.01. The Labute approximate surface area is 297 Å². The van der Waals surface area contributed by atoms with Crippen LogP contribution in [0.5, 0.6) is 5.75 Å². The highest BCUT2D eigenvalue weighted by Gasteiger charge is 2.50. The molecule has 0 aromatic heterocycles. The van der Waals surface area contributed by atoms with Gasteiger partial charge < -0.3 is 19.3 Å². The van der Waals surface area contributed by atoms with Crippen LogP contribution in [0.3, 0.4) is 0 Å². The van der Waals surface area contributed by atoms with Crippen molar-refractivity contribution in [1.29, 1.82) is 0 Å².